The lowest BCUT2D eigenvalue weighted by molar-refractivity contribution is -0.121. The van der Waals surface area contributed by atoms with Crippen LogP contribution in [0.25, 0.3) is 0 Å². The Morgan fingerprint density at radius 3 is 2.34 bits per heavy atom. The Labute approximate surface area is 238 Å². The van der Waals surface area contributed by atoms with Gasteiger partial charge in [-0.25, -0.2) is 4.79 Å². The number of benzene rings is 3. The number of nitrogens with two attached hydrogens (primary N) is 1. The molecule has 1 aliphatic heterocycles. The van der Waals surface area contributed by atoms with Crippen molar-refractivity contribution in [2.24, 2.45) is 11.7 Å². The molecule has 0 spiro atoms. The first-order valence-electron chi connectivity index (χ1n) is 11.8. The number of rotatable bonds is 7. The number of carbonyl (C=O) groups is 3. The van der Waals surface area contributed by atoms with E-state index in [1.165, 1.54) is 6.07 Å². The minimum atomic E-state index is -0.667. The van der Waals surface area contributed by atoms with Crippen molar-refractivity contribution < 1.29 is 19.1 Å². The number of hydrogen-bond donors (Lipinski definition) is 3. The second kappa shape index (κ2) is 12.5. The molecule has 0 atom stereocenters. The van der Waals surface area contributed by atoms with Gasteiger partial charge in [-0.1, -0.05) is 51.3 Å². The second-order valence-electron chi connectivity index (χ2n) is 8.80. The van der Waals surface area contributed by atoms with E-state index in [0.29, 0.717) is 53.1 Å². The van der Waals surface area contributed by atoms with E-state index in [1.54, 1.807) is 35.2 Å². The number of piperidine rings is 1. The van der Waals surface area contributed by atoms with Crippen LogP contribution in [0.4, 0.5) is 16.2 Å². The Hall–Kier alpha value is -3.27. The average molecular weight is 620 g/mol. The Balaban J connectivity index is 1.31. The Morgan fingerprint density at radius 2 is 1.66 bits per heavy atom. The third-order valence-corrected chi connectivity index (χ3v) is 7.35. The van der Waals surface area contributed by atoms with E-state index in [0.717, 1.165) is 10.0 Å². The lowest BCUT2D eigenvalue weighted by Gasteiger charge is -2.31. The molecule has 38 heavy (non-hydrogen) atoms. The van der Waals surface area contributed by atoms with Gasteiger partial charge in [0.05, 0.1) is 15.6 Å². The van der Waals surface area contributed by atoms with Crippen LogP contribution in [0.3, 0.4) is 0 Å². The molecule has 0 aliphatic carbocycles. The average Bonchev–Trinajstić information content (AvgIpc) is 2.90. The van der Waals surface area contributed by atoms with Gasteiger partial charge in [-0.15, -0.1) is 0 Å². The number of amides is 4. The first-order valence-corrected chi connectivity index (χ1v) is 13.4. The maximum absolute atomic E-state index is 12.8. The Kier molecular flexibility index (Phi) is 9.14. The molecule has 0 aromatic heterocycles. The predicted molar refractivity (Wildman–Crippen MR) is 152 cm³/mol. The number of carbonyl (C=O) groups excluding carboxylic acids is 3. The van der Waals surface area contributed by atoms with Crippen LogP contribution in [-0.2, 0) is 11.4 Å². The van der Waals surface area contributed by atoms with Crippen molar-refractivity contribution in [2.45, 2.75) is 19.4 Å². The molecule has 4 N–H and O–H groups in total. The largest absolute Gasteiger partial charge is 0.488 e. The van der Waals surface area contributed by atoms with Gasteiger partial charge in [0.2, 0.25) is 5.91 Å². The van der Waals surface area contributed by atoms with E-state index in [-0.39, 0.29) is 30.0 Å². The standard InChI is InChI=1S/C27H25BrCl2N4O4/c28-18-3-1-2-16(12-18)15-38-24-7-5-19(13-21(24)25(31)35)33-27(37)34-10-8-17(9-11-34)26(36)32-20-4-6-22(29)23(30)14-20/h1-7,12-14,17H,8-11,15H2,(H2,31,35)(H,32,36)(H,33,37). The van der Waals surface area contributed by atoms with E-state index in [2.05, 4.69) is 26.6 Å². The number of likely N-dealkylation sites (tertiary alicyclic amines) is 1. The second-order valence-corrected chi connectivity index (χ2v) is 10.5. The van der Waals surface area contributed by atoms with Crippen LogP contribution in [0.5, 0.6) is 5.75 Å². The zero-order valence-electron chi connectivity index (χ0n) is 20.2. The van der Waals surface area contributed by atoms with E-state index < -0.39 is 5.91 Å². The zero-order valence-corrected chi connectivity index (χ0v) is 23.3. The Bertz CT molecular complexity index is 1360. The first-order chi connectivity index (χ1) is 18.2. The molecule has 1 saturated heterocycles. The normalized spacial score (nSPS) is 13.6. The SMILES string of the molecule is NC(=O)c1cc(NC(=O)N2CCC(C(=O)Nc3ccc(Cl)c(Cl)c3)CC2)ccc1OCc1cccc(Br)c1. The maximum Gasteiger partial charge on any atom is 0.321 e. The van der Waals surface area contributed by atoms with Crippen LogP contribution in [0.1, 0.15) is 28.8 Å². The first kappa shape index (κ1) is 27.8. The molecule has 0 unspecified atom stereocenters. The van der Waals surface area contributed by atoms with Gasteiger partial charge >= 0.3 is 6.03 Å². The number of hydrogen-bond acceptors (Lipinski definition) is 4. The van der Waals surface area contributed by atoms with Crippen molar-refractivity contribution >= 4 is 68.4 Å². The molecular formula is C27H25BrCl2N4O4. The Morgan fingerprint density at radius 1 is 0.947 bits per heavy atom. The van der Waals surface area contributed by atoms with E-state index >= 15 is 0 Å². The molecule has 4 rings (SSSR count). The van der Waals surface area contributed by atoms with Crippen molar-refractivity contribution in [3.05, 3.63) is 86.3 Å². The number of nitrogens with zero attached hydrogens (tertiary/aromatic N) is 1. The summed E-state index contributed by atoms with van der Waals surface area (Å²) in [4.78, 5) is 39.2. The molecule has 3 aromatic carbocycles. The van der Waals surface area contributed by atoms with Gasteiger partial charge in [-0.05, 0) is 66.9 Å². The highest BCUT2D eigenvalue weighted by Gasteiger charge is 2.28. The third kappa shape index (κ3) is 7.18. The van der Waals surface area contributed by atoms with Crippen LogP contribution in [0, 0.1) is 5.92 Å². The van der Waals surface area contributed by atoms with Gasteiger partial charge in [0.15, 0.2) is 0 Å². The minimum Gasteiger partial charge on any atom is -0.488 e. The third-order valence-electron chi connectivity index (χ3n) is 6.12. The van der Waals surface area contributed by atoms with E-state index in [9.17, 15) is 14.4 Å². The van der Waals surface area contributed by atoms with Crippen LogP contribution >= 0.6 is 39.1 Å². The highest BCUT2D eigenvalue weighted by atomic mass is 79.9. The number of primary amides is 1. The molecule has 198 valence electrons. The molecule has 0 radical (unpaired) electrons. The van der Waals surface area contributed by atoms with Gasteiger partial charge in [-0.2, -0.15) is 0 Å². The molecule has 1 heterocycles. The van der Waals surface area contributed by atoms with Gasteiger partial charge in [0.1, 0.15) is 12.4 Å². The summed E-state index contributed by atoms with van der Waals surface area (Å²) in [6.07, 6.45) is 1.02. The minimum absolute atomic E-state index is 0.131. The molecule has 1 aliphatic rings. The van der Waals surface area contributed by atoms with Crippen LogP contribution < -0.4 is 21.1 Å². The number of nitrogens with one attached hydrogen (secondary N) is 2. The lowest BCUT2D eigenvalue weighted by atomic mass is 9.96. The van der Waals surface area contributed by atoms with Crippen LogP contribution in [0.15, 0.2) is 65.1 Å². The number of anilines is 2. The number of ether oxygens (including phenoxy) is 1. The van der Waals surface area contributed by atoms with Crippen LogP contribution in [-0.4, -0.2) is 35.8 Å². The fraction of sp³-hybridized carbons (Fsp3) is 0.222. The monoisotopic (exact) mass is 618 g/mol. The van der Waals surface area contributed by atoms with Gasteiger partial charge in [-0.3, -0.25) is 9.59 Å². The highest BCUT2D eigenvalue weighted by molar-refractivity contribution is 9.10. The summed E-state index contributed by atoms with van der Waals surface area (Å²) in [5.41, 5.74) is 7.63. The smallest absolute Gasteiger partial charge is 0.321 e. The van der Waals surface area contributed by atoms with Gasteiger partial charge < -0.3 is 26.0 Å². The summed E-state index contributed by atoms with van der Waals surface area (Å²) >= 11 is 15.4. The zero-order chi connectivity index (χ0) is 27.2. The summed E-state index contributed by atoms with van der Waals surface area (Å²) < 4.78 is 6.73. The molecule has 8 nitrogen and oxygen atoms in total. The van der Waals surface area contributed by atoms with Crippen molar-refractivity contribution in [1.82, 2.24) is 4.90 Å². The van der Waals surface area contributed by atoms with Gasteiger partial charge in [0.25, 0.3) is 5.91 Å². The summed E-state index contributed by atoms with van der Waals surface area (Å²) in [5.74, 6) is -0.715. The molecule has 0 bridgehead atoms. The number of urea groups is 1. The van der Waals surface area contributed by atoms with Crippen LogP contribution in [0.2, 0.25) is 10.0 Å². The molecule has 1 fully saturated rings. The van der Waals surface area contributed by atoms with Gasteiger partial charge in [0, 0.05) is 34.9 Å². The van der Waals surface area contributed by atoms with Crippen molar-refractivity contribution in [2.75, 3.05) is 23.7 Å². The highest BCUT2D eigenvalue weighted by Crippen LogP contribution is 2.27. The fourth-order valence-corrected chi connectivity index (χ4v) is 4.82. The van der Waals surface area contributed by atoms with E-state index in [4.69, 9.17) is 33.7 Å². The maximum atomic E-state index is 12.8. The topological polar surface area (TPSA) is 114 Å². The summed E-state index contributed by atoms with van der Waals surface area (Å²) in [5, 5.41) is 6.42. The predicted octanol–water partition coefficient (Wildman–Crippen LogP) is 6.32. The van der Waals surface area contributed by atoms with Crippen molar-refractivity contribution in [3.8, 4) is 5.75 Å². The van der Waals surface area contributed by atoms with Crippen molar-refractivity contribution in [1.29, 1.82) is 0 Å². The summed E-state index contributed by atoms with van der Waals surface area (Å²) in [6, 6.07) is 16.9. The molecule has 3 aromatic rings. The summed E-state index contributed by atoms with van der Waals surface area (Å²) in [7, 11) is 0. The fourth-order valence-electron chi connectivity index (χ4n) is 4.08. The quantitative estimate of drug-likeness (QED) is 0.287. The molecule has 11 heteroatoms. The number of halogens is 3. The lowest BCUT2D eigenvalue weighted by Crippen LogP contribution is -2.43. The molecule has 4 amide bonds. The van der Waals surface area contributed by atoms with E-state index in [1.807, 2.05) is 24.3 Å². The molecule has 0 saturated carbocycles. The molecular weight excluding hydrogens is 595 g/mol. The summed E-state index contributed by atoms with van der Waals surface area (Å²) in [6.45, 7) is 1.06. The van der Waals surface area contributed by atoms with Crippen molar-refractivity contribution in [3.63, 3.8) is 0 Å².